The minimum atomic E-state index is -1.82. The number of phenols is 1. The first-order valence-corrected chi connectivity index (χ1v) is 8.29. The average Bonchev–Trinajstić information content (AvgIpc) is 3.11. The number of hydrogen-bond donors (Lipinski definition) is 2. The lowest BCUT2D eigenvalue weighted by Crippen LogP contribution is -2.42. The summed E-state index contributed by atoms with van der Waals surface area (Å²) >= 11 is 0. The van der Waals surface area contributed by atoms with Crippen LogP contribution in [0.3, 0.4) is 0 Å². The summed E-state index contributed by atoms with van der Waals surface area (Å²) in [5.41, 5.74) is -0.792. The first-order valence-electron chi connectivity index (χ1n) is 8.29. The molecule has 1 aromatic carbocycles. The Kier molecular flexibility index (Phi) is 4.29. The largest absolute Gasteiger partial charge is 0.508 e. The molecule has 0 fully saturated rings. The molecule has 2 aliphatic rings. The lowest BCUT2D eigenvalue weighted by molar-refractivity contribution is -0.175. The predicted molar refractivity (Wildman–Crippen MR) is 90.4 cm³/mol. The maximum atomic E-state index is 12.1. The minimum Gasteiger partial charge on any atom is -0.508 e. The van der Waals surface area contributed by atoms with Crippen LogP contribution in [0.25, 0.3) is 0 Å². The van der Waals surface area contributed by atoms with Gasteiger partial charge in [0.1, 0.15) is 17.1 Å². The van der Waals surface area contributed by atoms with Crippen molar-refractivity contribution in [3.8, 4) is 11.5 Å². The normalized spacial score (nSPS) is 21.4. The topological polar surface area (TPSA) is 115 Å². The van der Waals surface area contributed by atoms with E-state index in [1.54, 1.807) is 20.8 Å². The number of carbonyl (C=O) groups excluding carboxylic acids is 1. The number of carbonyl (C=O) groups is 2. The van der Waals surface area contributed by atoms with Gasteiger partial charge in [-0.25, -0.2) is 4.79 Å². The van der Waals surface area contributed by atoms with Crippen molar-refractivity contribution >= 4 is 17.7 Å². The Labute approximate surface area is 150 Å². The van der Waals surface area contributed by atoms with E-state index in [1.807, 2.05) is 0 Å². The van der Waals surface area contributed by atoms with Crippen molar-refractivity contribution in [2.45, 2.75) is 51.2 Å². The fraction of sp³-hybridized carbons (Fsp3) is 0.500. The van der Waals surface area contributed by atoms with E-state index in [0.717, 1.165) is 5.56 Å². The zero-order chi connectivity index (χ0) is 19.1. The summed E-state index contributed by atoms with van der Waals surface area (Å²) in [4.78, 5) is 29.2. The zero-order valence-corrected chi connectivity index (χ0v) is 14.9. The number of aromatic hydroxyl groups is 1. The molecule has 0 amide bonds. The minimum absolute atomic E-state index is 0.0108. The van der Waals surface area contributed by atoms with Gasteiger partial charge in [-0.15, -0.1) is 0 Å². The first kappa shape index (κ1) is 18.0. The number of rotatable bonds is 4. The van der Waals surface area contributed by atoms with Gasteiger partial charge in [0.15, 0.2) is 0 Å². The standard InChI is InChI=1S/C18H21NO7/c1-17(2,3)25-15(21)9-18(16(22)23)8-13(19-26-18)12-6-10(20)7-14-11(12)4-5-24-14/h6-7,20H,4-5,8-9H2,1-3H3,(H,22,23). The molecule has 1 unspecified atom stereocenters. The summed E-state index contributed by atoms with van der Waals surface area (Å²) in [6.45, 7) is 5.57. The molecule has 0 radical (unpaired) electrons. The molecular weight excluding hydrogens is 342 g/mol. The van der Waals surface area contributed by atoms with Crippen LogP contribution < -0.4 is 4.74 Å². The molecule has 0 saturated heterocycles. The van der Waals surface area contributed by atoms with E-state index < -0.39 is 29.6 Å². The Morgan fingerprint density at radius 1 is 1.35 bits per heavy atom. The molecule has 0 aliphatic carbocycles. The molecule has 2 N–H and O–H groups in total. The van der Waals surface area contributed by atoms with Gasteiger partial charge in [-0.05, 0) is 26.8 Å². The van der Waals surface area contributed by atoms with Gasteiger partial charge in [0.25, 0.3) is 0 Å². The van der Waals surface area contributed by atoms with Gasteiger partial charge in [-0.1, -0.05) is 5.16 Å². The molecule has 1 aromatic rings. The molecule has 140 valence electrons. The number of oxime groups is 1. The monoisotopic (exact) mass is 363 g/mol. The van der Waals surface area contributed by atoms with Crippen molar-refractivity contribution in [3.05, 3.63) is 23.3 Å². The van der Waals surface area contributed by atoms with Crippen LogP contribution in [-0.4, -0.2) is 45.7 Å². The Hall–Kier alpha value is -2.77. The molecule has 2 heterocycles. The molecule has 8 nitrogen and oxygen atoms in total. The van der Waals surface area contributed by atoms with Crippen LogP contribution in [0.4, 0.5) is 0 Å². The molecule has 0 spiro atoms. The summed E-state index contributed by atoms with van der Waals surface area (Å²) < 4.78 is 10.7. The SMILES string of the molecule is CC(C)(C)OC(=O)CC1(C(=O)O)CC(c2cc(O)cc3c2CCO3)=NO1. The molecule has 26 heavy (non-hydrogen) atoms. The summed E-state index contributed by atoms with van der Waals surface area (Å²) in [7, 11) is 0. The highest BCUT2D eigenvalue weighted by Gasteiger charge is 2.50. The average molecular weight is 363 g/mol. The van der Waals surface area contributed by atoms with Crippen LogP contribution in [0.2, 0.25) is 0 Å². The number of fused-ring (bicyclic) bond motifs is 1. The van der Waals surface area contributed by atoms with Crippen LogP contribution in [0.5, 0.6) is 11.5 Å². The van der Waals surface area contributed by atoms with Crippen LogP contribution in [0, 0.1) is 0 Å². The Morgan fingerprint density at radius 3 is 2.73 bits per heavy atom. The van der Waals surface area contributed by atoms with Gasteiger partial charge in [-0.3, -0.25) is 4.79 Å². The van der Waals surface area contributed by atoms with E-state index in [9.17, 15) is 19.8 Å². The van der Waals surface area contributed by atoms with Gasteiger partial charge < -0.3 is 24.5 Å². The molecule has 1 atom stereocenters. The number of phenolic OH excluding ortho intramolecular Hbond substituents is 1. The van der Waals surface area contributed by atoms with E-state index in [-0.39, 0.29) is 12.2 Å². The van der Waals surface area contributed by atoms with Crippen molar-refractivity contribution in [1.82, 2.24) is 0 Å². The third-order valence-corrected chi connectivity index (χ3v) is 4.14. The van der Waals surface area contributed by atoms with Crippen LogP contribution in [0.15, 0.2) is 17.3 Å². The van der Waals surface area contributed by atoms with E-state index in [0.29, 0.717) is 30.1 Å². The van der Waals surface area contributed by atoms with Crippen LogP contribution in [-0.2, 0) is 25.6 Å². The number of carboxylic acid groups (broad SMARTS) is 1. The molecule has 0 saturated carbocycles. The second-order valence-corrected chi connectivity index (χ2v) is 7.44. The van der Waals surface area contributed by atoms with Crippen molar-refractivity contribution in [2.24, 2.45) is 5.16 Å². The number of ether oxygens (including phenoxy) is 2. The van der Waals surface area contributed by atoms with Crippen LogP contribution in [0.1, 0.15) is 44.7 Å². The lowest BCUT2D eigenvalue weighted by atomic mass is 9.89. The number of hydrogen-bond acceptors (Lipinski definition) is 7. The second kappa shape index (κ2) is 6.19. The number of benzene rings is 1. The highest BCUT2D eigenvalue weighted by molar-refractivity contribution is 6.07. The maximum Gasteiger partial charge on any atom is 0.351 e. The summed E-state index contributed by atoms with van der Waals surface area (Å²) in [6.07, 6.45) is 0.0394. The third-order valence-electron chi connectivity index (χ3n) is 4.14. The quantitative estimate of drug-likeness (QED) is 0.786. The molecule has 8 heteroatoms. The molecule has 3 rings (SSSR count). The fourth-order valence-electron chi connectivity index (χ4n) is 3.06. The second-order valence-electron chi connectivity index (χ2n) is 7.44. The van der Waals surface area contributed by atoms with Gasteiger partial charge >= 0.3 is 11.9 Å². The van der Waals surface area contributed by atoms with E-state index in [1.165, 1.54) is 12.1 Å². The number of aliphatic carboxylic acids is 1. The van der Waals surface area contributed by atoms with Gasteiger partial charge in [0.2, 0.25) is 5.60 Å². The van der Waals surface area contributed by atoms with Crippen molar-refractivity contribution in [2.75, 3.05) is 6.61 Å². The maximum absolute atomic E-state index is 12.1. The Morgan fingerprint density at radius 2 is 2.08 bits per heavy atom. The van der Waals surface area contributed by atoms with E-state index in [4.69, 9.17) is 14.3 Å². The van der Waals surface area contributed by atoms with Crippen molar-refractivity contribution in [1.29, 1.82) is 0 Å². The Balaban J connectivity index is 1.85. The Bertz CT molecular complexity index is 793. The summed E-state index contributed by atoms with van der Waals surface area (Å²) in [5, 5.41) is 23.4. The molecule has 2 aliphatic heterocycles. The molecule has 0 aromatic heterocycles. The van der Waals surface area contributed by atoms with E-state index >= 15 is 0 Å². The van der Waals surface area contributed by atoms with Crippen molar-refractivity contribution in [3.63, 3.8) is 0 Å². The smallest absolute Gasteiger partial charge is 0.351 e. The highest BCUT2D eigenvalue weighted by Crippen LogP contribution is 2.38. The number of nitrogens with zero attached hydrogens (tertiary/aromatic N) is 1. The highest BCUT2D eigenvalue weighted by atomic mass is 16.7. The van der Waals surface area contributed by atoms with Crippen molar-refractivity contribution < 1.29 is 34.1 Å². The van der Waals surface area contributed by atoms with E-state index in [2.05, 4.69) is 5.16 Å². The number of carboxylic acids is 1. The first-order chi connectivity index (χ1) is 12.1. The zero-order valence-electron chi connectivity index (χ0n) is 14.9. The molecule has 0 bridgehead atoms. The lowest BCUT2D eigenvalue weighted by Gasteiger charge is -2.24. The van der Waals surface area contributed by atoms with Crippen LogP contribution >= 0.6 is 0 Å². The third kappa shape index (κ3) is 3.44. The molecular formula is C18H21NO7. The van der Waals surface area contributed by atoms with Gasteiger partial charge in [0, 0.05) is 30.0 Å². The number of esters is 1. The van der Waals surface area contributed by atoms with Gasteiger partial charge in [-0.2, -0.15) is 0 Å². The van der Waals surface area contributed by atoms with Gasteiger partial charge in [0.05, 0.1) is 18.7 Å². The predicted octanol–water partition coefficient (Wildman–Crippen LogP) is 2.01. The fourth-order valence-corrected chi connectivity index (χ4v) is 3.06. The summed E-state index contributed by atoms with van der Waals surface area (Å²) in [5.74, 6) is -1.44. The summed E-state index contributed by atoms with van der Waals surface area (Å²) in [6, 6.07) is 3.01.